The van der Waals surface area contributed by atoms with Gasteiger partial charge in [0.15, 0.2) is 0 Å². The Hall–Kier alpha value is -2.37. The van der Waals surface area contributed by atoms with Crippen molar-refractivity contribution in [2.75, 3.05) is 0 Å². The van der Waals surface area contributed by atoms with Gasteiger partial charge in [0.2, 0.25) is 0 Å². The first kappa shape index (κ1) is 21.3. The van der Waals surface area contributed by atoms with Crippen molar-refractivity contribution >= 4 is 35.0 Å². The van der Waals surface area contributed by atoms with Crippen LogP contribution in [0.2, 0.25) is 5.02 Å². The van der Waals surface area contributed by atoms with Gasteiger partial charge in [0.25, 0.3) is 0 Å². The molecule has 29 heavy (non-hydrogen) atoms. The molecule has 2 aromatic heterocycles. The highest BCUT2D eigenvalue weighted by Crippen LogP contribution is 2.22. The van der Waals surface area contributed by atoms with Crippen molar-refractivity contribution in [3.05, 3.63) is 80.5 Å². The molecule has 0 atom stereocenters. The number of hydrogen-bond acceptors (Lipinski definition) is 3. The van der Waals surface area contributed by atoms with Crippen LogP contribution in [0.15, 0.2) is 53.5 Å². The summed E-state index contributed by atoms with van der Waals surface area (Å²) in [5, 5.41) is 12.4. The highest BCUT2D eigenvalue weighted by molar-refractivity contribution is 7.09. The number of carboxylic acids is 1. The number of aromatic nitrogens is 2. The molecule has 3 aromatic rings. The van der Waals surface area contributed by atoms with Gasteiger partial charge in [-0.15, -0.1) is 11.3 Å². The van der Waals surface area contributed by atoms with Crippen LogP contribution in [0.5, 0.6) is 0 Å². The second kappa shape index (κ2) is 10.4. The van der Waals surface area contributed by atoms with Crippen LogP contribution in [0, 0.1) is 0 Å². The zero-order valence-corrected chi connectivity index (χ0v) is 18.0. The van der Waals surface area contributed by atoms with Crippen LogP contribution in [0.3, 0.4) is 0 Å². The molecule has 0 saturated heterocycles. The molecule has 0 amide bonds. The molecule has 0 bridgehead atoms. The fourth-order valence-corrected chi connectivity index (χ4v) is 4.09. The smallest absolute Gasteiger partial charge is 0.331 e. The van der Waals surface area contributed by atoms with E-state index in [-0.39, 0.29) is 0 Å². The molecule has 0 aliphatic rings. The lowest BCUT2D eigenvalue weighted by atomic mass is 10.1. The number of benzene rings is 1. The van der Waals surface area contributed by atoms with Crippen LogP contribution >= 0.6 is 22.9 Å². The number of imidazole rings is 1. The summed E-state index contributed by atoms with van der Waals surface area (Å²) in [5.74, 6) is 0.0724. The molecule has 152 valence electrons. The standard InChI is InChI=1S/C23H25ClN2O2S/c1-2-3-10-22-25-15-19(26(22)16-18-7-4-5-9-21(18)24)14-17(23(27)28)11-12-20-8-6-13-29-20/h4-9,13-15H,2-3,10-12,16H2,1H3,(H,27,28)/b17-14+. The first-order valence-corrected chi connectivity index (χ1v) is 11.1. The van der Waals surface area contributed by atoms with E-state index in [0.717, 1.165) is 42.8 Å². The average Bonchev–Trinajstić information content (AvgIpc) is 3.35. The quantitative estimate of drug-likeness (QED) is 0.397. The van der Waals surface area contributed by atoms with Crippen LogP contribution in [0.4, 0.5) is 0 Å². The molecule has 0 fully saturated rings. The van der Waals surface area contributed by atoms with Gasteiger partial charge >= 0.3 is 5.97 Å². The number of unbranched alkanes of at least 4 members (excludes halogenated alkanes) is 1. The van der Waals surface area contributed by atoms with Gasteiger partial charge in [0, 0.05) is 21.9 Å². The lowest BCUT2D eigenvalue weighted by molar-refractivity contribution is -0.132. The third kappa shape index (κ3) is 5.81. The van der Waals surface area contributed by atoms with Gasteiger partial charge in [-0.25, -0.2) is 9.78 Å². The Morgan fingerprint density at radius 3 is 2.76 bits per heavy atom. The molecule has 0 radical (unpaired) electrons. The summed E-state index contributed by atoms with van der Waals surface area (Å²) in [4.78, 5) is 17.6. The molecule has 0 unspecified atom stereocenters. The summed E-state index contributed by atoms with van der Waals surface area (Å²) in [6, 6.07) is 11.8. The molecule has 1 aromatic carbocycles. The lowest BCUT2D eigenvalue weighted by Crippen LogP contribution is -2.09. The van der Waals surface area contributed by atoms with Crippen molar-refractivity contribution in [1.29, 1.82) is 0 Å². The van der Waals surface area contributed by atoms with E-state index in [1.165, 1.54) is 4.88 Å². The maximum Gasteiger partial charge on any atom is 0.331 e. The van der Waals surface area contributed by atoms with Crippen LogP contribution in [0.1, 0.15) is 48.1 Å². The third-order valence-corrected chi connectivity index (χ3v) is 6.13. The largest absolute Gasteiger partial charge is 0.478 e. The minimum absolute atomic E-state index is 0.390. The minimum Gasteiger partial charge on any atom is -0.478 e. The monoisotopic (exact) mass is 428 g/mol. The number of thiophene rings is 1. The maximum absolute atomic E-state index is 11.9. The molecule has 6 heteroatoms. The van der Waals surface area contributed by atoms with Crippen LogP contribution in [-0.4, -0.2) is 20.6 Å². The number of hydrogen-bond donors (Lipinski definition) is 1. The number of aryl methyl sites for hydroxylation is 2. The molecule has 1 N–H and O–H groups in total. The number of nitrogens with zero attached hydrogens (tertiary/aromatic N) is 2. The lowest BCUT2D eigenvalue weighted by Gasteiger charge is -2.12. The molecule has 4 nitrogen and oxygen atoms in total. The minimum atomic E-state index is -0.887. The number of carboxylic acid groups (broad SMARTS) is 1. The number of halogens is 1. The van der Waals surface area contributed by atoms with Gasteiger partial charge in [-0.05, 0) is 48.4 Å². The summed E-state index contributed by atoms with van der Waals surface area (Å²) in [6.45, 7) is 2.72. The van der Waals surface area contributed by atoms with Crippen molar-refractivity contribution in [2.24, 2.45) is 0 Å². The van der Waals surface area contributed by atoms with Crippen molar-refractivity contribution in [1.82, 2.24) is 9.55 Å². The summed E-state index contributed by atoms with van der Waals surface area (Å²) < 4.78 is 2.09. The van der Waals surface area contributed by atoms with E-state index in [1.54, 1.807) is 23.6 Å². The second-order valence-corrected chi connectivity index (χ2v) is 8.37. The normalized spacial score (nSPS) is 11.7. The highest BCUT2D eigenvalue weighted by Gasteiger charge is 2.14. The fourth-order valence-electron chi connectivity index (χ4n) is 3.19. The van der Waals surface area contributed by atoms with Gasteiger partial charge in [-0.1, -0.05) is 49.2 Å². The van der Waals surface area contributed by atoms with Crippen LogP contribution < -0.4 is 0 Å². The van der Waals surface area contributed by atoms with E-state index < -0.39 is 5.97 Å². The Bertz CT molecular complexity index is 977. The molecule has 3 rings (SSSR count). The maximum atomic E-state index is 11.9. The summed E-state index contributed by atoms with van der Waals surface area (Å²) in [6.07, 6.45) is 7.70. The Balaban J connectivity index is 1.91. The summed E-state index contributed by atoms with van der Waals surface area (Å²) in [5.41, 5.74) is 2.19. The van der Waals surface area contributed by atoms with Gasteiger partial charge in [0.1, 0.15) is 5.82 Å². The zero-order valence-electron chi connectivity index (χ0n) is 16.5. The van der Waals surface area contributed by atoms with Crippen LogP contribution in [0.25, 0.3) is 6.08 Å². The Kier molecular flexibility index (Phi) is 7.67. The van der Waals surface area contributed by atoms with E-state index in [2.05, 4.69) is 16.5 Å². The Labute approximate surface area is 180 Å². The first-order valence-electron chi connectivity index (χ1n) is 9.82. The van der Waals surface area contributed by atoms with Gasteiger partial charge in [0.05, 0.1) is 18.4 Å². The van der Waals surface area contributed by atoms with Crippen molar-refractivity contribution in [2.45, 2.75) is 45.6 Å². The highest BCUT2D eigenvalue weighted by atomic mass is 35.5. The SMILES string of the molecule is CCCCc1ncc(/C=C(\CCc2cccs2)C(=O)O)n1Cc1ccccc1Cl. The molecule has 0 saturated carbocycles. The van der Waals surface area contributed by atoms with E-state index >= 15 is 0 Å². The molecule has 0 spiro atoms. The molecular weight excluding hydrogens is 404 g/mol. The zero-order chi connectivity index (χ0) is 20.6. The number of rotatable bonds is 10. The Morgan fingerprint density at radius 1 is 1.24 bits per heavy atom. The number of aliphatic carboxylic acids is 1. The predicted octanol–water partition coefficient (Wildman–Crippen LogP) is 6.09. The van der Waals surface area contributed by atoms with Crippen molar-refractivity contribution < 1.29 is 9.90 Å². The molecule has 2 heterocycles. The third-order valence-electron chi connectivity index (χ3n) is 4.83. The molecule has 0 aliphatic heterocycles. The van der Waals surface area contributed by atoms with E-state index in [0.29, 0.717) is 23.6 Å². The van der Waals surface area contributed by atoms with E-state index in [4.69, 9.17) is 11.6 Å². The summed E-state index contributed by atoms with van der Waals surface area (Å²) >= 11 is 8.02. The number of carbonyl (C=O) groups is 1. The van der Waals surface area contributed by atoms with Gasteiger partial charge in [-0.3, -0.25) is 0 Å². The molecular formula is C23H25ClN2O2S. The van der Waals surface area contributed by atoms with Crippen LogP contribution in [-0.2, 0) is 24.2 Å². The van der Waals surface area contributed by atoms with Crippen molar-refractivity contribution in [3.63, 3.8) is 0 Å². The fraction of sp³-hybridized carbons (Fsp3) is 0.304. The molecule has 0 aliphatic carbocycles. The Morgan fingerprint density at radius 2 is 2.07 bits per heavy atom. The van der Waals surface area contributed by atoms with Crippen molar-refractivity contribution in [3.8, 4) is 0 Å². The van der Waals surface area contributed by atoms with E-state index in [9.17, 15) is 9.90 Å². The summed E-state index contributed by atoms with van der Waals surface area (Å²) in [7, 11) is 0. The topological polar surface area (TPSA) is 55.1 Å². The van der Waals surface area contributed by atoms with Gasteiger partial charge in [-0.2, -0.15) is 0 Å². The van der Waals surface area contributed by atoms with E-state index in [1.807, 2.05) is 41.8 Å². The second-order valence-electron chi connectivity index (χ2n) is 6.93. The van der Waals surface area contributed by atoms with Gasteiger partial charge < -0.3 is 9.67 Å². The predicted molar refractivity (Wildman–Crippen MR) is 120 cm³/mol. The first-order chi connectivity index (χ1) is 14.1. The average molecular weight is 429 g/mol.